The maximum atomic E-state index is 13.7. The molecule has 0 unspecified atom stereocenters. The molecule has 10 atom stereocenters. The smallest absolute Gasteiger partial charge is 0.239 e. The molecular formula is C27H30O15. The first-order valence-corrected chi connectivity index (χ1v) is 12.9. The highest BCUT2D eigenvalue weighted by Crippen LogP contribution is 2.38. The maximum absolute atomic E-state index is 13.7. The first-order valence-electron chi connectivity index (χ1n) is 12.9. The van der Waals surface area contributed by atoms with Crippen LogP contribution in [0.1, 0.15) is 6.92 Å². The molecule has 15 heteroatoms. The molecule has 9 N–H and O–H groups in total. The van der Waals surface area contributed by atoms with Crippen LogP contribution in [0.3, 0.4) is 0 Å². The molecule has 228 valence electrons. The van der Waals surface area contributed by atoms with Gasteiger partial charge >= 0.3 is 0 Å². The number of aliphatic hydroxyl groups excluding tert-OH is 6. The number of hydrogen-bond donors (Lipinski definition) is 9. The molecule has 2 aromatic carbocycles. The minimum atomic E-state index is -1.88. The van der Waals surface area contributed by atoms with Crippen molar-refractivity contribution in [2.24, 2.45) is 0 Å². The van der Waals surface area contributed by atoms with E-state index in [9.17, 15) is 50.8 Å². The number of aromatic hydroxyl groups is 3. The van der Waals surface area contributed by atoms with E-state index in [-0.39, 0.29) is 28.0 Å². The molecule has 0 spiro atoms. The van der Waals surface area contributed by atoms with Crippen molar-refractivity contribution in [2.45, 2.75) is 68.3 Å². The van der Waals surface area contributed by atoms with E-state index >= 15 is 0 Å². The van der Waals surface area contributed by atoms with Crippen molar-refractivity contribution in [3.05, 3.63) is 46.6 Å². The Morgan fingerprint density at radius 2 is 1.50 bits per heavy atom. The molecule has 0 aliphatic carbocycles. The number of benzene rings is 2. The van der Waals surface area contributed by atoms with Crippen LogP contribution >= 0.6 is 0 Å². The van der Waals surface area contributed by atoms with Gasteiger partial charge in [0.1, 0.15) is 64.8 Å². The van der Waals surface area contributed by atoms with Crippen LogP contribution < -0.4 is 10.2 Å². The third kappa shape index (κ3) is 5.37. The topological polar surface area (TPSA) is 249 Å². The lowest BCUT2D eigenvalue weighted by Crippen LogP contribution is -2.64. The van der Waals surface area contributed by atoms with Gasteiger partial charge < -0.3 is 69.3 Å². The molecule has 1 aromatic heterocycles. The monoisotopic (exact) mass is 594 g/mol. The quantitative estimate of drug-likeness (QED) is 0.159. The lowest BCUT2D eigenvalue weighted by molar-refractivity contribution is -0.355. The van der Waals surface area contributed by atoms with E-state index in [4.69, 9.17) is 23.4 Å². The number of aliphatic hydroxyl groups is 6. The van der Waals surface area contributed by atoms with E-state index in [1.807, 2.05) is 0 Å². The SMILES string of the molecule is C[C@@H]1O[C@@H](Oc2c(-c3ccc(O)cc3)oc3cc(O)cc(O)c3c2=O)[C@H](O[C@@H]2O[C@H](CO)[C@@H](O)[C@H](O)[C@H]2O)[C@H](O)[C@H]1O. The number of hydrogen-bond acceptors (Lipinski definition) is 15. The van der Waals surface area contributed by atoms with Gasteiger partial charge in [-0.25, -0.2) is 0 Å². The van der Waals surface area contributed by atoms with E-state index in [2.05, 4.69) is 0 Å². The lowest BCUT2D eigenvalue weighted by Gasteiger charge is -2.45. The van der Waals surface area contributed by atoms with Crippen molar-refractivity contribution >= 4 is 11.0 Å². The van der Waals surface area contributed by atoms with E-state index in [0.29, 0.717) is 0 Å². The molecule has 2 aliphatic rings. The van der Waals surface area contributed by atoms with Gasteiger partial charge in [0.15, 0.2) is 18.2 Å². The summed E-state index contributed by atoms with van der Waals surface area (Å²) in [5.74, 6) is -1.93. The van der Waals surface area contributed by atoms with Gasteiger partial charge in [0, 0.05) is 17.7 Å². The molecule has 2 aliphatic heterocycles. The van der Waals surface area contributed by atoms with Crippen LogP contribution in [-0.4, -0.2) is 114 Å². The van der Waals surface area contributed by atoms with Crippen LogP contribution in [0, 0.1) is 0 Å². The van der Waals surface area contributed by atoms with Crippen LogP contribution in [0.15, 0.2) is 45.6 Å². The zero-order valence-electron chi connectivity index (χ0n) is 21.9. The Bertz CT molecular complexity index is 1470. The van der Waals surface area contributed by atoms with Gasteiger partial charge in [0.25, 0.3) is 0 Å². The van der Waals surface area contributed by atoms with Crippen LogP contribution in [0.25, 0.3) is 22.3 Å². The van der Waals surface area contributed by atoms with Crippen molar-refractivity contribution in [1.29, 1.82) is 0 Å². The van der Waals surface area contributed by atoms with Crippen LogP contribution in [0.2, 0.25) is 0 Å². The lowest BCUT2D eigenvalue weighted by atomic mass is 9.97. The fourth-order valence-electron chi connectivity index (χ4n) is 4.87. The Labute approximate surface area is 236 Å². The Morgan fingerprint density at radius 1 is 0.810 bits per heavy atom. The summed E-state index contributed by atoms with van der Waals surface area (Å²) in [6.45, 7) is 0.633. The molecule has 0 radical (unpaired) electrons. The molecule has 5 rings (SSSR count). The Balaban J connectivity index is 1.58. The van der Waals surface area contributed by atoms with Crippen molar-refractivity contribution in [3.8, 4) is 34.3 Å². The van der Waals surface area contributed by atoms with Crippen molar-refractivity contribution in [1.82, 2.24) is 0 Å². The summed E-state index contributed by atoms with van der Waals surface area (Å²) in [4.78, 5) is 13.7. The molecule has 42 heavy (non-hydrogen) atoms. The number of ether oxygens (including phenoxy) is 4. The third-order valence-electron chi connectivity index (χ3n) is 7.21. The first-order chi connectivity index (χ1) is 19.9. The van der Waals surface area contributed by atoms with E-state index < -0.39 is 90.7 Å². The number of rotatable bonds is 6. The molecule has 3 heterocycles. The fraction of sp³-hybridized carbons (Fsp3) is 0.444. The molecule has 3 aromatic rings. The number of phenols is 3. The summed E-state index contributed by atoms with van der Waals surface area (Å²) in [5, 5.41) is 91.4. The number of phenolic OH excluding ortho intramolecular Hbond substituents is 3. The summed E-state index contributed by atoms with van der Waals surface area (Å²) >= 11 is 0. The average molecular weight is 595 g/mol. The number of fused-ring (bicyclic) bond motifs is 1. The fourth-order valence-corrected chi connectivity index (χ4v) is 4.87. The van der Waals surface area contributed by atoms with Crippen molar-refractivity contribution < 1.29 is 69.3 Å². The van der Waals surface area contributed by atoms with Gasteiger partial charge in [-0.2, -0.15) is 0 Å². The second-order valence-corrected chi connectivity index (χ2v) is 10.1. The average Bonchev–Trinajstić information content (AvgIpc) is 2.95. The zero-order chi connectivity index (χ0) is 30.5. The highest BCUT2D eigenvalue weighted by atomic mass is 16.8. The highest BCUT2D eigenvalue weighted by Gasteiger charge is 2.51. The summed E-state index contributed by atoms with van der Waals surface area (Å²) < 4.78 is 28.5. The zero-order valence-corrected chi connectivity index (χ0v) is 21.9. The van der Waals surface area contributed by atoms with E-state index in [0.717, 1.165) is 12.1 Å². The van der Waals surface area contributed by atoms with Gasteiger partial charge in [-0.3, -0.25) is 4.79 Å². The molecule has 0 saturated carbocycles. The third-order valence-corrected chi connectivity index (χ3v) is 7.21. The molecule has 2 saturated heterocycles. The van der Waals surface area contributed by atoms with Gasteiger partial charge in [0.2, 0.25) is 17.5 Å². The predicted octanol–water partition coefficient (Wildman–Crippen LogP) is -1.39. The summed E-state index contributed by atoms with van der Waals surface area (Å²) in [5.41, 5.74) is -0.934. The minimum Gasteiger partial charge on any atom is -0.508 e. The van der Waals surface area contributed by atoms with Crippen molar-refractivity contribution in [2.75, 3.05) is 6.61 Å². The normalized spacial score (nSPS) is 33.5. The van der Waals surface area contributed by atoms with Gasteiger partial charge in [-0.15, -0.1) is 0 Å². The Kier molecular flexibility index (Phi) is 8.30. The first kappa shape index (κ1) is 30.0. The summed E-state index contributed by atoms with van der Waals surface area (Å²) in [6, 6.07) is 7.38. The Morgan fingerprint density at radius 3 is 2.17 bits per heavy atom. The molecular weight excluding hydrogens is 564 g/mol. The molecule has 15 nitrogen and oxygen atoms in total. The van der Waals surface area contributed by atoms with E-state index in [1.165, 1.54) is 31.2 Å². The second-order valence-electron chi connectivity index (χ2n) is 10.1. The maximum Gasteiger partial charge on any atom is 0.239 e. The van der Waals surface area contributed by atoms with Crippen LogP contribution in [0.4, 0.5) is 0 Å². The van der Waals surface area contributed by atoms with E-state index in [1.54, 1.807) is 0 Å². The van der Waals surface area contributed by atoms with Gasteiger partial charge in [-0.05, 0) is 31.2 Å². The summed E-state index contributed by atoms with van der Waals surface area (Å²) in [7, 11) is 0. The second kappa shape index (κ2) is 11.6. The molecule has 0 amide bonds. The van der Waals surface area contributed by atoms with Gasteiger partial charge in [0.05, 0.1) is 12.7 Å². The molecule has 0 bridgehead atoms. The largest absolute Gasteiger partial charge is 0.508 e. The molecule has 2 fully saturated rings. The van der Waals surface area contributed by atoms with Gasteiger partial charge in [-0.1, -0.05) is 0 Å². The van der Waals surface area contributed by atoms with Crippen LogP contribution in [-0.2, 0) is 14.2 Å². The van der Waals surface area contributed by atoms with Crippen LogP contribution in [0.5, 0.6) is 23.0 Å². The Hall–Kier alpha value is -3.51. The highest BCUT2D eigenvalue weighted by molar-refractivity contribution is 5.88. The minimum absolute atomic E-state index is 0.103. The summed E-state index contributed by atoms with van der Waals surface area (Å²) in [6.07, 6.45) is -16.4. The predicted molar refractivity (Wildman–Crippen MR) is 139 cm³/mol. The van der Waals surface area contributed by atoms with Crippen molar-refractivity contribution in [3.63, 3.8) is 0 Å². The standard InChI is InChI=1S/C27H30O15/c1-9-17(32)21(36)25(42-26-22(37)20(35)18(33)15(8-28)40-26)27(38-9)41-24-19(34)16-13(31)6-12(30)7-14(16)39-23(24)10-2-4-11(29)5-3-10/h2-7,9,15,17-18,20-22,25-33,35-37H,8H2,1H3/t9-,15+,17-,18+,20-,21+,22+,25+,26-,27-/m0/s1.